The maximum absolute atomic E-state index is 15.3. The van der Waals surface area contributed by atoms with Crippen molar-refractivity contribution in [3.05, 3.63) is 52.6 Å². The topological polar surface area (TPSA) is 97.7 Å². The second kappa shape index (κ2) is 8.90. The van der Waals surface area contributed by atoms with Crippen molar-refractivity contribution in [3.8, 4) is 11.5 Å². The van der Waals surface area contributed by atoms with Gasteiger partial charge in [-0.05, 0) is 93.1 Å². The van der Waals surface area contributed by atoms with Crippen LogP contribution in [0.2, 0.25) is 0 Å². The number of hydrogen-bond acceptors (Lipinski definition) is 5. The first-order valence-electron chi connectivity index (χ1n) is 15.0. The Hall–Kier alpha value is -2.79. The monoisotopic (exact) mass is 618 g/mol. The third-order valence-corrected chi connectivity index (χ3v) is 12.7. The van der Waals surface area contributed by atoms with Crippen molar-refractivity contribution in [1.29, 1.82) is 0 Å². The zero-order chi connectivity index (χ0) is 30.2. The minimum absolute atomic E-state index is 0.00479. The fourth-order valence-electron chi connectivity index (χ4n) is 10.6. The lowest BCUT2D eigenvalue weighted by molar-refractivity contribution is -0.142. The highest BCUT2D eigenvalue weighted by atomic mass is 32.2. The van der Waals surface area contributed by atoms with Gasteiger partial charge in [-0.25, -0.2) is 8.78 Å². The minimum atomic E-state index is -5.63. The summed E-state index contributed by atoms with van der Waals surface area (Å²) in [4.78, 5) is 23.7. The number of halogens is 4. The van der Waals surface area contributed by atoms with Crippen LogP contribution in [-0.4, -0.2) is 24.5 Å². The molecule has 8 aliphatic rings. The zero-order valence-corrected chi connectivity index (χ0v) is 24.0. The van der Waals surface area contributed by atoms with E-state index in [1.54, 1.807) is 6.07 Å². The predicted octanol–water partition coefficient (Wildman–Crippen LogP) is 6.58. The van der Waals surface area contributed by atoms with Gasteiger partial charge in [-0.15, -0.1) is 0 Å². The van der Waals surface area contributed by atoms with Gasteiger partial charge in [0.2, 0.25) is 17.4 Å². The lowest BCUT2D eigenvalue weighted by Gasteiger charge is -2.57. The van der Waals surface area contributed by atoms with E-state index in [1.165, 1.54) is 0 Å². The van der Waals surface area contributed by atoms with E-state index in [-0.39, 0.29) is 40.6 Å². The quantitative estimate of drug-likeness (QED) is 0.231. The van der Waals surface area contributed by atoms with Gasteiger partial charge in [-0.3, -0.25) is 14.1 Å². The van der Waals surface area contributed by atoms with Crippen LogP contribution < -0.4 is 4.74 Å². The second-order valence-electron chi connectivity index (χ2n) is 14.3. The molecular formula is C32H30F4O6S. The van der Waals surface area contributed by atoms with Crippen molar-refractivity contribution < 1.29 is 44.9 Å². The van der Waals surface area contributed by atoms with E-state index in [4.69, 9.17) is 4.74 Å². The van der Waals surface area contributed by atoms with E-state index in [0.717, 1.165) is 44.1 Å². The summed E-state index contributed by atoms with van der Waals surface area (Å²) in [6, 6.07) is 5.52. The molecule has 2 aromatic rings. The summed E-state index contributed by atoms with van der Waals surface area (Å²) in [5.41, 5.74) is 0.548. The number of Topliss-reactive ketones (excluding diaryl/α,β-unsaturated/α-hetero) is 2. The molecule has 0 amide bonds. The van der Waals surface area contributed by atoms with Gasteiger partial charge in [0, 0.05) is 34.7 Å². The molecule has 0 spiro atoms. The SMILES string of the molecule is O=C1C2CC3CC1CC(c1ccc(C45CC6CC(C4)C(=O)C(C6)C5)c(Oc4c(F)c(F)c(S(=O)(=O)O)c(F)c4F)c1)(C3)C2. The van der Waals surface area contributed by atoms with E-state index in [0.29, 0.717) is 48.9 Å². The van der Waals surface area contributed by atoms with Gasteiger partial charge in [0.05, 0.1) is 0 Å². The third-order valence-electron chi connectivity index (χ3n) is 11.8. The predicted molar refractivity (Wildman–Crippen MR) is 143 cm³/mol. The van der Waals surface area contributed by atoms with Gasteiger partial charge in [0.25, 0.3) is 0 Å². The number of rotatable bonds is 5. The molecule has 0 saturated heterocycles. The standard InChI is InChI=1S/C32H30F4O6S/c33-23-25(35)30(43(39,40)41)26(36)24(34)29(23)42-22-7-20(31-8-14-3-16(10-31)27(37)17(4-14)11-31)1-2-21(22)32-9-15-5-18(12-32)28(38)19(6-15)13-32/h1-2,7,14-19H,3-6,8-13H2,(H,39,40,41). The fourth-order valence-corrected chi connectivity index (χ4v) is 11.2. The van der Waals surface area contributed by atoms with Crippen LogP contribution in [0.25, 0.3) is 0 Å². The molecule has 1 N–H and O–H groups in total. The Balaban J connectivity index is 1.28. The number of carbonyl (C=O) groups is 2. The molecule has 8 bridgehead atoms. The molecule has 4 unspecified atom stereocenters. The van der Waals surface area contributed by atoms with Crippen molar-refractivity contribution >= 4 is 21.7 Å². The smallest absolute Gasteiger partial charge is 0.300 e. The van der Waals surface area contributed by atoms with Crippen LogP contribution in [0.1, 0.15) is 75.3 Å². The Kier molecular flexibility index (Phi) is 5.74. The van der Waals surface area contributed by atoms with E-state index in [1.807, 2.05) is 12.1 Å². The molecule has 0 aliphatic heterocycles. The van der Waals surface area contributed by atoms with Crippen molar-refractivity contribution in [2.75, 3.05) is 0 Å². The number of ketones is 2. The fraction of sp³-hybridized carbons (Fsp3) is 0.562. The molecule has 0 radical (unpaired) electrons. The summed E-state index contributed by atoms with van der Waals surface area (Å²) in [5.74, 6) is -9.29. The van der Waals surface area contributed by atoms with E-state index >= 15 is 8.78 Å². The Bertz CT molecular complexity index is 1670. The zero-order valence-electron chi connectivity index (χ0n) is 23.2. The molecule has 8 saturated carbocycles. The summed E-state index contributed by atoms with van der Waals surface area (Å²) in [6.07, 6.45) is 7.27. The maximum atomic E-state index is 15.3. The van der Waals surface area contributed by atoms with Gasteiger partial charge in [0.1, 0.15) is 17.3 Å². The molecule has 0 heterocycles. The Morgan fingerprint density at radius 3 is 1.65 bits per heavy atom. The lowest BCUT2D eigenvalue weighted by atomic mass is 9.46. The molecule has 43 heavy (non-hydrogen) atoms. The van der Waals surface area contributed by atoms with Crippen LogP contribution in [0.15, 0.2) is 23.1 Å². The van der Waals surface area contributed by atoms with E-state index in [9.17, 15) is 31.3 Å². The van der Waals surface area contributed by atoms with E-state index in [2.05, 4.69) is 0 Å². The molecule has 2 aromatic carbocycles. The second-order valence-corrected chi connectivity index (χ2v) is 15.6. The molecule has 4 atom stereocenters. The highest BCUT2D eigenvalue weighted by Crippen LogP contribution is 2.63. The number of ether oxygens (including phenoxy) is 1. The normalized spacial score (nSPS) is 37.4. The third kappa shape index (κ3) is 3.89. The molecule has 10 rings (SSSR count). The average Bonchev–Trinajstić information content (AvgIpc) is 2.94. The molecule has 8 aliphatic carbocycles. The largest absolute Gasteiger partial charge is 0.451 e. The molecular weight excluding hydrogens is 588 g/mol. The number of benzene rings is 2. The summed E-state index contributed by atoms with van der Waals surface area (Å²) in [6.45, 7) is 0. The first-order valence-corrected chi connectivity index (χ1v) is 16.5. The Morgan fingerprint density at radius 2 is 1.16 bits per heavy atom. The maximum Gasteiger partial charge on any atom is 0.300 e. The number of hydrogen-bond donors (Lipinski definition) is 1. The average molecular weight is 619 g/mol. The first-order chi connectivity index (χ1) is 20.3. The molecule has 6 nitrogen and oxygen atoms in total. The summed E-state index contributed by atoms with van der Waals surface area (Å²) < 4.78 is 98.2. The minimum Gasteiger partial charge on any atom is -0.451 e. The van der Waals surface area contributed by atoms with Crippen LogP contribution >= 0.6 is 0 Å². The van der Waals surface area contributed by atoms with Crippen molar-refractivity contribution in [2.45, 2.75) is 79.9 Å². The molecule has 8 fully saturated rings. The molecule has 0 aromatic heterocycles. The number of carbonyl (C=O) groups excluding carboxylic acids is 2. The lowest BCUT2D eigenvalue weighted by Crippen LogP contribution is -2.54. The van der Waals surface area contributed by atoms with E-state index < -0.39 is 49.4 Å². The molecule has 228 valence electrons. The summed E-state index contributed by atoms with van der Waals surface area (Å²) in [5, 5.41) is 0. The van der Waals surface area contributed by atoms with Crippen LogP contribution in [0.4, 0.5) is 17.6 Å². The van der Waals surface area contributed by atoms with Crippen LogP contribution in [0.3, 0.4) is 0 Å². The van der Waals surface area contributed by atoms with Gasteiger partial charge in [0.15, 0.2) is 16.5 Å². The highest BCUT2D eigenvalue weighted by molar-refractivity contribution is 7.85. The summed E-state index contributed by atoms with van der Waals surface area (Å²) >= 11 is 0. The summed E-state index contributed by atoms with van der Waals surface area (Å²) in [7, 11) is -5.63. The van der Waals surface area contributed by atoms with Gasteiger partial charge >= 0.3 is 10.1 Å². The van der Waals surface area contributed by atoms with Gasteiger partial charge in [-0.2, -0.15) is 17.2 Å². The van der Waals surface area contributed by atoms with Crippen molar-refractivity contribution in [1.82, 2.24) is 0 Å². The van der Waals surface area contributed by atoms with Crippen molar-refractivity contribution in [2.24, 2.45) is 35.5 Å². The van der Waals surface area contributed by atoms with Crippen LogP contribution in [-0.2, 0) is 30.5 Å². The van der Waals surface area contributed by atoms with Crippen LogP contribution in [0.5, 0.6) is 11.5 Å². The first kappa shape index (κ1) is 27.7. The van der Waals surface area contributed by atoms with Crippen molar-refractivity contribution in [3.63, 3.8) is 0 Å². The van der Waals surface area contributed by atoms with Crippen LogP contribution in [0, 0.1) is 58.8 Å². The van der Waals surface area contributed by atoms with Gasteiger partial charge < -0.3 is 4.74 Å². The Labute approximate surface area is 245 Å². The molecule has 11 heteroatoms. The Morgan fingerprint density at radius 1 is 0.698 bits per heavy atom. The highest BCUT2D eigenvalue weighted by Gasteiger charge is 2.58. The van der Waals surface area contributed by atoms with Gasteiger partial charge in [-0.1, -0.05) is 12.1 Å².